The van der Waals surface area contributed by atoms with Crippen LogP contribution in [0.3, 0.4) is 0 Å². The zero-order valence-corrected chi connectivity index (χ0v) is 15.7. The molecule has 2 rings (SSSR count). The first-order valence-electron chi connectivity index (χ1n) is 8.49. The van der Waals surface area contributed by atoms with Gasteiger partial charge >= 0.3 is 0 Å². The van der Waals surface area contributed by atoms with Crippen LogP contribution in [0.25, 0.3) is 6.08 Å². The molecule has 0 aromatic heterocycles. The van der Waals surface area contributed by atoms with Gasteiger partial charge in [0, 0.05) is 24.7 Å². The smallest absolute Gasteiger partial charge is 0.269 e. The Balaban J connectivity index is 2.31. The topological polar surface area (TPSA) is 101 Å². The Hall–Kier alpha value is -2.55. The Morgan fingerprint density at radius 1 is 1.15 bits per heavy atom. The minimum absolute atomic E-state index is 0.0480. The second kappa shape index (κ2) is 9.40. The first-order valence-corrected chi connectivity index (χ1v) is 9.93. The number of non-ortho nitro benzene ring substituents is 1. The third-order valence-corrected chi connectivity index (χ3v) is 6.07. The summed E-state index contributed by atoms with van der Waals surface area (Å²) >= 11 is 0. The van der Waals surface area contributed by atoms with Gasteiger partial charge in [-0.25, -0.2) is 8.42 Å². The molecule has 0 heterocycles. The second-order valence-corrected chi connectivity index (χ2v) is 7.77. The quantitative estimate of drug-likeness (QED) is 0.524. The first-order chi connectivity index (χ1) is 12.9. The lowest BCUT2D eigenvalue weighted by atomic mass is 10.2. The minimum atomic E-state index is -3.92. The molecule has 0 radical (unpaired) electrons. The average molecular weight is 390 g/mol. The highest BCUT2D eigenvalue weighted by atomic mass is 32.2. The summed E-state index contributed by atoms with van der Waals surface area (Å²) in [6.07, 6.45) is 3.96. The average Bonchev–Trinajstić information content (AvgIpc) is 2.68. The highest BCUT2D eigenvalue weighted by molar-refractivity contribution is 7.89. The van der Waals surface area contributed by atoms with E-state index in [0.717, 1.165) is 17.7 Å². The Morgan fingerprint density at radius 2 is 1.78 bits per heavy atom. The van der Waals surface area contributed by atoms with E-state index in [9.17, 15) is 23.6 Å². The molecule has 1 atom stereocenters. The highest BCUT2D eigenvalue weighted by Gasteiger charge is 2.29. The highest BCUT2D eigenvalue weighted by Crippen LogP contribution is 2.22. The molecule has 0 aliphatic heterocycles. The van der Waals surface area contributed by atoms with Gasteiger partial charge in [0.1, 0.15) is 0 Å². The van der Waals surface area contributed by atoms with Crippen LogP contribution in [0.2, 0.25) is 0 Å². The van der Waals surface area contributed by atoms with Gasteiger partial charge in [0.15, 0.2) is 0 Å². The fraction of sp³-hybridized carbons (Fsp3) is 0.263. The summed E-state index contributed by atoms with van der Waals surface area (Å²) in [5.41, 5.74) is 0.751. The second-order valence-electron chi connectivity index (χ2n) is 5.88. The minimum Gasteiger partial charge on any atom is -0.395 e. The van der Waals surface area contributed by atoms with E-state index in [-0.39, 0.29) is 23.7 Å². The number of hydrogen-bond donors (Lipinski definition) is 1. The van der Waals surface area contributed by atoms with E-state index in [1.54, 1.807) is 13.0 Å². The lowest BCUT2D eigenvalue weighted by Crippen LogP contribution is -2.42. The number of nitro benzene ring substituents is 1. The zero-order valence-electron chi connectivity index (χ0n) is 14.9. The molecule has 0 unspecified atom stereocenters. The van der Waals surface area contributed by atoms with Crippen LogP contribution < -0.4 is 0 Å². The largest absolute Gasteiger partial charge is 0.395 e. The molecule has 0 fully saturated rings. The maximum atomic E-state index is 13.0. The van der Waals surface area contributed by atoms with Crippen LogP contribution >= 0.6 is 0 Å². The summed E-state index contributed by atoms with van der Waals surface area (Å²) < 4.78 is 27.3. The molecule has 0 saturated heterocycles. The van der Waals surface area contributed by atoms with Gasteiger partial charge < -0.3 is 5.11 Å². The molecule has 27 heavy (non-hydrogen) atoms. The summed E-state index contributed by atoms with van der Waals surface area (Å²) in [5, 5.41) is 20.4. The molecule has 2 aromatic rings. The third kappa shape index (κ3) is 5.22. The maximum Gasteiger partial charge on any atom is 0.269 e. The molecule has 0 spiro atoms. The van der Waals surface area contributed by atoms with Crippen molar-refractivity contribution in [2.24, 2.45) is 0 Å². The Bertz CT molecular complexity index is 876. The van der Waals surface area contributed by atoms with E-state index in [2.05, 4.69) is 0 Å². The Kier molecular flexibility index (Phi) is 7.23. The molecule has 0 bridgehead atoms. The van der Waals surface area contributed by atoms with Crippen LogP contribution in [-0.2, 0) is 10.0 Å². The van der Waals surface area contributed by atoms with Crippen LogP contribution in [0.4, 0.5) is 5.69 Å². The molecular weight excluding hydrogens is 368 g/mol. The molecule has 7 nitrogen and oxygen atoms in total. The van der Waals surface area contributed by atoms with Crippen molar-refractivity contribution in [1.29, 1.82) is 0 Å². The van der Waals surface area contributed by atoms with Crippen molar-refractivity contribution in [2.75, 3.05) is 13.2 Å². The number of aliphatic hydroxyl groups is 1. The molecular formula is C19H22N2O5S. The first kappa shape index (κ1) is 20.8. The molecule has 2 aromatic carbocycles. The molecule has 144 valence electrons. The molecule has 1 N–H and O–H groups in total. The van der Waals surface area contributed by atoms with Gasteiger partial charge in [-0.2, -0.15) is 4.31 Å². The van der Waals surface area contributed by atoms with Gasteiger partial charge in [-0.3, -0.25) is 10.1 Å². The maximum absolute atomic E-state index is 13.0. The molecule has 0 saturated carbocycles. The fourth-order valence-electron chi connectivity index (χ4n) is 2.60. The van der Waals surface area contributed by atoms with Crippen molar-refractivity contribution in [2.45, 2.75) is 24.3 Å². The summed E-state index contributed by atoms with van der Waals surface area (Å²) in [7, 11) is -3.92. The normalized spacial score (nSPS) is 13.1. The Morgan fingerprint density at radius 3 is 2.30 bits per heavy atom. The third-order valence-electron chi connectivity index (χ3n) is 4.14. The molecule has 0 amide bonds. The number of nitrogens with zero attached hydrogens (tertiary/aromatic N) is 2. The zero-order chi connectivity index (χ0) is 19.9. The van der Waals surface area contributed by atoms with Crippen molar-refractivity contribution in [3.63, 3.8) is 0 Å². The van der Waals surface area contributed by atoms with Crippen LogP contribution in [-0.4, -0.2) is 41.9 Å². The van der Waals surface area contributed by atoms with Crippen molar-refractivity contribution in [1.82, 2.24) is 4.31 Å². The van der Waals surface area contributed by atoms with Crippen molar-refractivity contribution < 1.29 is 18.4 Å². The van der Waals surface area contributed by atoms with Crippen LogP contribution in [0.15, 0.2) is 65.6 Å². The number of rotatable bonds is 9. The van der Waals surface area contributed by atoms with Crippen LogP contribution in [0.5, 0.6) is 0 Å². The summed E-state index contributed by atoms with van der Waals surface area (Å²) in [6, 6.07) is 13.6. The van der Waals surface area contributed by atoms with Gasteiger partial charge in [0.2, 0.25) is 10.0 Å². The SMILES string of the molecule is CC[C@H](CO)N(C/C=C/c1ccccc1)S(=O)(=O)c1ccc([N+](=O)[O-])cc1. The van der Waals surface area contributed by atoms with E-state index in [4.69, 9.17) is 0 Å². The van der Waals surface area contributed by atoms with Gasteiger partial charge in [-0.05, 0) is 24.1 Å². The Labute approximate surface area is 158 Å². The summed E-state index contributed by atoms with van der Waals surface area (Å²) in [5.74, 6) is 0. The molecule has 0 aliphatic carbocycles. The summed E-state index contributed by atoms with van der Waals surface area (Å²) in [4.78, 5) is 10.1. The number of sulfonamides is 1. The van der Waals surface area contributed by atoms with Gasteiger partial charge in [0.05, 0.1) is 16.4 Å². The number of hydrogen-bond acceptors (Lipinski definition) is 5. The van der Waals surface area contributed by atoms with E-state index < -0.39 is 21.0 Å². The number of aliphatic hydroxyl groups excluding tert-OH is 1. The number of nitro groups is 1. The lowest BCUT2D eigenvalue weighted by molar-refractivity contribution is -0.384. The molecule has 8 heteroatoms. The van der Waals surface area contributed by atoms with Crippen molar-refractivity contribution in [3.05, 3.63) is 76.4 Å². The van der Waals surface area contributed by atoms with Crippen molar-refractivity contribution >= 4 is 21.8 Å². The van der Waals surface area contributed by atoms with Gasteiger partial charge in [-0.15, -0.1) is 0 Å². The van der Waals surface area contributed by atoms with E-state index >= 15 is 0 Å². The lowest BCUT2D eigenvalue weighted by Gasteiger charge is -2.28. The van der Waals surface area contributed by atoms with Crippen molar-refractivity contribution in [3.8, 4) is 0 Å². The fourth-order valence-corrected chi connectivity index (χ4v) is 4.24. The van der Waals surface area contributed by atoms with Crippen LogP contribution in [0, 0.1) is 10.1 Å². The van der Waals surface area contributed by atoms with Gasteiger partial charge in [-0.1, -0.05) is 49.4 Å². The van der Waals surface area contributed by atoms with Crippen LogP contribution in [0.1, 0.15) is 18.9 Å². The predicted octanol–water partition coefficient (Wildman–Crippen LogP) is 3.07. The monoisotopic (exact) mass is 390 g/mol. The number of benzene rings is 2. The van der Waals surface area contributed by atoms with E-state index in [1.165, 1.54) is 16.4 Å². The van der Waals surface area contributed by atoms with E-state index in [1.807, 2.05) is 36.4 Å². The van der Waals surface area contributed by atoms with Gasteiger partial charge in [0.25, 0.3) is 5.69 Å². The van der Waals surface area contributed by atoms with E-state index in [0.29, 0.717) is 6.42 Å². The summed E-state index contributed by atoms with van der Waals surface area (Å²) in [6.45, 7) is 1.55. The predicted molar refractivity (Wildman–Crippen MR) is 104 cm³/mol. The molecule has 0 aliphatic rings. The standard InChI is InChI=1S/C19H22N2O5S/c1-2-17(15-22)20(14-6-9-16-7-4-3-5-8-16)27(25,26)19-12-10-18(11-13-19)21(23)24/h3-13,17,22H,2,14-15H2,1H3/b9-6+/t17-/m1/s1.